The Labute approximate surface area is 96.4 Å². The lowest BCUT2D eigenvalue weighted by Gasteiger charge is -2.17. The summed E-state index contributed by atoms with van der Waals surface area (Å²) in [6.07, 6.45) is 2.59. The van der Waals surface area contributed by atoms with Gasteiger partial charge in [-0.25, -0.2) is 0 Å². The lowest BCUT2D eigenvalue weighted by molar-refractivity contribution is 0.535. The van der Waals surface area contributed by atoms with E-state index in [1.54, 1.807) is 6.20 Å². The smallest absolute Gasteiger partial charge is 0.0589 e. The van der Waals surface area contributed by atoms with Crippen LogP contribution in [0.4, 0.5) is 0 Å². The monoisotopic (exact) mass is 224 g/mol. The number of pyridine rings is 1. The Kier molecular flexibility index (Phi) is 4.79. The van der Waals surface area contributed by atoms with E-state index in [1.165, 1.54) is 0 Å². The van der Waals surface area contributed by atoms with Crippen LogP contribution in [0.2, 0.25) is 5.02 Å². The Bertz CT molecular complexity index is 319. The van der Waals surface area contributed by atoms with Gasteiger partial charge in [0.2, 0.25) is 0 Å². The molecule has 2 nitrogen and oxygen atoms in total. The minimum atomic E-state index is 0.241. The molecule has 1 unspecified atom stereocenters. The van der Waals surface area contributed by atoms with Crippen LogP contribution in [0.1, 0.15) is 32.0 Å². The van der Waals surface area contributed by atoms with Crippen LogP contribution in [-0.2, 0) is 0 Å². The molecular formula is C12H17ClN2. The van der Waals surface area contributed by atoms with E-state index in [9.17, 15) is 0 Å². The fourth-order valence-corrected chi connectivity index (χ4v) is 1.58. The van der Waals surface area contributed by atoms with Gasteiger partial charge in [-0.15, -0.1) is 6.58 Å². The molecule has 15 heavy (non-hydrogen) atoms. The molecule has 82 valence electrons. The van der Waals surface area contributed by atoms with Gasteiger partial charge in [-0.1, -0.05) is 24.1 Å². The van der Waals surface area contributed by atoms with Crippen molar-refractivity contribution in [3.8, 4) is 0 Å². The van der Waals surface area contributed by atoms with Crippen molar-refractivity contribution in [2.45, 2.75) is 26.3 Å². The first kappa shape index (κ1) is 12.2. The van der Waals surface area contributed by atoms with Crippen LogP contribution in [0.15, 0.2) is 30.5 Å². The third kappa shape index (κ3) is 4.02. The fraction of sp³-hybridized carbons (Fsp3) is 0.417. The molecule has 1 atom stereocenters. The van der Waals surface area contributed by atoms with E-state index in [-0.39, 0.29) is 6.04 Å². The number of nitrogens with zero attached hydrogens (tertiary/aromatic N) is 1. The minimum Gasteiger partial charge on any atom is -0.309 e. The summed E-state index contributed by atoms with van der Waals surface area (Å²) in [6, 6.07) is 4.07. The second-order valence-electron chi connectivity index (χ2n) is 3.67. The van der Waals surface area contributed by atoms with Crippen molar-refractivity contribution in [2.24, 2.45) is 0 Å². The van der Waals surface area contributed by atoms with Crippen molar-refractivity contribution in [3.05, 3.63) is 41.2 Å². The highest BCUT2D eigenvalue weighted by molar-refractivity contribution is 6.30. The van der Waals surface area contributed by atoms with E-state index < -0.39 is 0 Å². The second-order valence-corrected chi connectivity index (χ2v) is 4.11. The van der Waals surface area contributed by atoms with Gasteiger partial charge in [0, 0.05) is 6.20 Å². The first-order valence-corrected chi connectivity index (χ1v) is 5.50. The van der Waals surface area contributed by atoms with Crippen molar-refractivity contribution in [1.29, 1.82) is 0 Å². The first-order chi connectivity index (χ1) is 7.13. The van der Waals surface area contributed by atoms with Crippen LogP contribution < -0.4 is 5.32 Å². The van der Waals surface area contributed by atoms with Gasteiger partial charge in [0.25, 0.3) is 0 Å². The number of nitrogens with one attached hydrogen (secondary N) is 1. The van der Waals surface area contributed by atoms with Gasteiger partial charge in [-0.3, -0.25) is 4.98 Å². The molecule has 0 aliphatic heterocycles. The molecule has 0 aliphatic carbocycles. The number of hydrogen-bond acceptors (Lipinski definition) is 2. The molecule has 0 aromatic carbocycles. The molecule has 3 heteroatoms. The molecule has 0 radical (unpaired) electrons. The van der Waals surface area contributed by atoms with E-state index in [0.29, 0.717) is 5.02 Å². The quantitative estimate of drug-likeness (QED) is 0.776. The Morgan fingerprint density at radius 1 is 1.60 bits per heavy atom. The molecule has 0 saturated carbocycles. The van der Waals surface area contributed by atoms with Gasteiger partial charge in [0.1, 0.15) is 0 Å². The Morgan fingerprint density at radius 2 is 2.33 bits per heavy atom. The van der Waals surface area contributed by atoms with Gasteiger partial charge in [-0.05, 0) is 32.0 Å². The largest absolute Gasteiger partial charge is 0.309 e. The number of hydrogen-bond donors (Lipinski definition) is 1. The van der Waals surface area contributed by atoms with Gasteiger partial charge in [0.15, 0.2) is 0 Å². The molecule has 0 bridgehead atoms. The number of halogens is 1. The van der Waals surface area contributed by atoms with Crippen LogP contribution in [0, 0.1) is 0 Å². The molecule has 1 N–H and O–H groups in total. The molecule has 1 aromatic heterocycles. The molecule has 1 heterocycles. The molecule has 0 saturated heterocycles. The Morgan fingerprint density at radius 3 is 2.80 bits per heavy atom. The summed E-state index contributed by atoms with van der Waals surface area (Å²) in [5.41, 5.74) is 2.17. The normalized spacial score (nSPS) is 12.5. The predicted octanol–water partition coefficient (Wildman–Crippen LogP) is 3.35. The fourth-order valence-electron chi connectivity index (χ4n) is 1.47. The molecular weight excluding hydrogens is 208 g/mol. The molecule has 1 aromatic rings. The van der Waals surface area contributed by atoms with E-state index in [4.69, 9.17) is 11.6 Å². The van der Waals surface area contributed by atoms with E-state index >= 15 is 0 Å². The highest BCUT2D eigenvalue weighted by atomic mass is 35.5. The maximum absolute atomic E-state index is 5.80. The molecule has 0 amide bonds. The summed E-state index contributed by atoms with van der Waals surface area (Å²) in [5, 5.41) is 4.05. The van der Waals surface area contributed by atoms with Crippen molar-refractivity contribution in [2.75, 3.05) is 6.54 Å². The van der Waals surface area contributed by atoms with Crippen molar-refractivity contribution < 1.29 is 0 Å². The predicted molar refractivity (Wildman–Crippen MR) is 65.1 cm³/mol. The molecule has 0 fully saturated rings. The third-order valence-corrected chi connectivity index (χ3v) is 2.33. The average molecular weight is 225 g/mol. The van der Waals surface area contributed by atoms with Crippen LogP contribution in [-0.4, -0.2) is 11.5 Å². The Balaban J connectivity index is 2.78. The number of rotatable bonds is 5. The molecule has 0 aliphatic rings. The lowest BCUT2D eigenvalue weighted by atomic mass is 10.1. The Hall–Kier alpha value is -0.860. The summed E-state index contributed by atoms with van der Waals surface area (Å²) in [6.45, 7) is 8.96. The zero-order chi connectivity index (χ0) is 11.3. The van der Waals surface area contributed by atoms with Crippen LogP contribution in [0.3, 0.4) is 0 Å². The van der Waals surface area contributed by atoms with Crippen LogP contribution in [0.25, 0.3) is 0 Å². The summed E-state index contributed by atoms with van der Waals surface area (Å²) < 4.78 is 0. The highest BCUT2D eigenvalue weighted by Crippen LogP contribution is 2.19. The topological polar surface area (TPSA) is 24.9 Å². The van der Waals surface area contributed by atoms with E-state index in [1.807, 2.05) is 19.1 Å². The number of aromatic nitrogens is 1. The zero-order valence-electron chi connectivity index (χ0n) is 9.26. The molecule has 0 spiro atoms. The zero-order valence-corrected chi connectivity index (χ0v) is 10.0. The summed E-state index contributed by atoms with van der Waals surface area (Å²) >= 11 is 5.80. The van der Waals surface area contributed by atoms with Gasteiger partial charge in [0.05, 0.1) is 16.8 Å². The van der Waals surface area contributed by atoms with Crippen molar-refractivity contribution >= 4 is 11.6 Å². The summed E-state index contributed by atoms with van der Waals surface area (Å²) in [5.74, 6) is 0. The van der Waals surface area contributed by atoms with Gasteiger partial charge < -0.3 is 5.32 Å². The van der Waals surface area contributed by atoms with Crippen molar-refractivity contribution in [3.63, 3.8) is 0 Å². The van der Waals surface area contributed by atoms with E-state index in [2.05, 4.69) is 23.8 Å². The van der Waals surface area contributed by atoms with Crippen LogP contribution >= 0.6 is 11.6 Å². The van der Waals surface area contributed by atoms with Gasteiger partial charge in [-0.2, -0.15) is 0 Å². The highest BCUT2D eigenvalue weighted by Gasteiger charge is 2.11. The maximum atomic E-state index is 5.80. The minimum absolute atomic E-state index is 0.241. The second kappa shape index (κ2) is 5.89. The average Bonchev–Trinajstić information content (AvgIpc) is 2.17. The van der Waals surface area contributed by atoms with Gasteiger partial charge >= 0.3 is 0 Å². The van der Waals surface area contributed by atoms with E-state index in [0.717, 1.165) is 24.2 Å². The maximum Gasteiger partial charge on any atom is 0.0589 e. The lowest BCUT2D eigenvalue weighted by Crippen LogP contribution is -2.21. The third-order valence-electron chi connectivity index (χ3n) is 2.11. The SMILES string of the molecule is C=C(C)CC(NCC)c1ccc(Cl)cn1. The summed E-state index contributed by atoms with van der Waals surface area (Å²) in [4.78, 5) is 4.31. The van der Waals surface area contributed by atoms with Crippen molar-refractivity contribution in [1.82, 2.24) is 10.3 Å². The first-order valence-electron chi connectivity index (χ1n) is 5.12. The molecule has 1 rings (SSSR count). The van der Waals surface area contributed by atoms with Crippen LogP contribution in [0.5, 0.6) is 0 Å². The summed E-state index contributed by atoms with van der Waals surface area (Å²) in [7, 11) is 0. The standard InChI is InChI=1S/C12H17ClN2/c1-4-14-12(7-9(2)3)11-6-5-10(13)8-15-11/h5-6,8,12,14H,2,4,7H2,1,3H3.